The maximum Gasteiger partial charge on any atom is 0.292 e. The molecule has 4 nitrogen and oxygen atoms in total. The van der Waals surface area contributed by atoms with E-state index in [0.717, 1.165) is 0 Å². The maximum atomic E-state index is 8.47. The van der Waals surface area contributed by atoms with Crippen molar-refractivity contribution >= 4 is 0 Å². The monoisotopic (exact) mass is 105 g/mol. The zero-order valence-electron chi connectivity index (χ0n) is 3.72. The van der Waals surface area contributed by atoms with E-state index in [1.807, 2.05) is 0 Å². The van der Waals surface area contributed by atoms with E-state index in [9.17, 15) is 0 Å². The molecule has 0 aromatic heterocycles. The summed E-state index contributed by atoms with van der Waals surface area (Å²) in [6.45, 7) is 0.306. The Hall–Kier alpha value is -0.160. The van der Waals surface area contributed by atoms with E-state index in [2.05, 4.69) is 10.1 Å². The third-order valence-corrected chi connectivity index (χ3v) is 0.761. The van der Waals surface area contributed by atoms with Gasteiger partial charge >= 0.3 is 0 Å². The molecule has 42 valence electrons. The van der Waals surface area contributed by atoms with E-state index in [1.54, 1.807) is 0 Å². The summed E-state index contributed by atoms with van der Waals surface area (Å²) >= 11 is 0. The Morgan fingerprint density at radius 3 is 2.43 bits per heavy atom. The highest BCUT2D eigenvalue weighted by Gasteiger charge is 2.28. The van der Waals surface area contributed by atoms with Crippen LogP contribution >= 0.6 is 0 Å². The van der Waals surface area contributed by atoms with Crippen LogP contribution in [0, 0.1) is 0 Å². The molecule has 0 bridgehead atoms. The molecule has 0 saturated carbocycles. The van der Waals surface area contributed by atoms with Crippen molar-refractivity contribution in [2.24, 2.45) is 0 Å². The molecule has 4 heteroatoms. The van der Waals surface area contributed by atoms with Gasteiger partial charge in [-0.25, -0.2) is 0 Å². The molecular weight excluding hydrogens is 98.0 g/mol. The lowest BCUT2D eigenvalue weighted by molar-refractivity contribution is -0.304. The molecule has 1 aliphatic rings. The van der Waals surface area contributed by atoms with Crippen molar-refractivity contribution in [3.05, 3.63) is 0 Å². The molecule has 0 aliphatic carbocycles. The SMILES string of the molecule is OC1(O)CNCO1. The van der Waals surface area contributed by atoms with Crippen LogP contribution in [0.15, 0.2) is 0 Å². The molecule has 7 heavy (non-hydrogen) atoms. The highest BCUT2D eigenvalue weighted by Crippen LogP contribution is 2.03. The van der Waals surface area contributed by atoms with Crippen LogP contribution in [0.25, 0.3) is 0 Å². The summed E-state index contributed by atoms with van der Waals surface area (Å²) in [5.41, 5.74) is 0. The summed E-state index contributed by atoms with van der Waals surface area (Å²) in [5, 5.41) is 19.5. The van der Waals surface area contributed by atoms with Crippen LogP contribution in [0.5, 0.6) is 0 Å². The first-order valence-electron chi connectivity index (χ1n) is 2.00. The summed E-state index contributed by atoms with van der Waals surface area (Å²) in [6, 6.07) is 0. The predicted molar refractivity (Wildman–Crippen MR) is 21.1 cm³/mol. The van der Waals surface area contributed by atoms with Gasteiger partial charge in [0.15, 0.2) is 0 Å². The molecule has 1 fully saturated rings. The van der Waals surface area contributed by atoms with Crippen molar-refractivity contribution < 1.29 is 14.9 Å². The van der Waals surface area contributed by atoms with Gasteiger partial charge in [-0.3, -0.25) is 5.32 Å². The van der Waals surface area contributed by atoms with Crippen molar-refractivity contribution in [3.63, 3.8) is 0 Å². The number of ether oxygens (including phenoxy) is 1. The van der Waals surface area contributed by atoms with Crippen LogP contribution in [0.2, 0.25) is 0 Å². The van der Waals surface area contributed by atoms with Gasteiger partial charge in [0, 0.05) is 0 Å². The van der Waals surface area contributed by atoms with E-state index in [0.29, 0.717) is 0 Å². The lowest BCUT2D eigenvalue weighted by Crippen LogP contribution is -2.31. The van der Waals surface area contributed by atoms with Crippen molar-refractivity contribution in [1.82, 2.24) is 5.32 Å². The molecule has 0 aromatic carbocycles. The Labute approximate surface area is 40.7 Å². The topological polar surface area (TPSA) is 61.7 Å². The van der Waals surface area contributed by atoms with Gasteiger partial charge in [-0.15, -0.1) is 0 Å². The third kappa shape index (κ3) is 1.10. The number of hydrogen-bond acceptors (Lipinski definition) is 4. The number of hydrogen-bond donors (Lipinski definition) is 3. The highest BCUT2D eigenvalue weighted by molar-refractivity contribution is 4.59. The Morgan fingerprint density at radius 1 is 1.57 bits per heavy atom. The fraction of sp³-hybridized carbons (Fsp3) is 1.00. The highest BCUT2D eigenvalue weighted by atomic mass is 16.8. The van der Waals surface area contributed by atoms with E-state index in [-0.39, 0.29) is 13.3 Å². The lowest BCUT2D eigenvalue weighted by Gasteiger charge is -2.09. The van der Waals surface area contributed by atoms with E-state index < -0.39 is 5.97 Å². The van der Waals surface area contributed by atoms with Crippen molar-refractivity contribution in [3.8, 4) is 0 Å². The van der Waals surface area contributed by atoms with Gasteiger partial charge in [-0.2, -0.15) is 0 Å². The second kappa shape index (κ2) is 1.41. The second-order valence-corrected chi connectivity index (χ2v) is 1.46. The summed E-state index contributed by atoms with van der Waals surface area (Å²) < 4.78 is 4.34. The van der Waals surface area contributed by atoms with E-state index in [4.69, 9.17) is 10.2 Å². The molecule has 0 spiro atoms. The van der Waals surface area contributed by atoms with Crippen molar-refractivity contribution in [1.29, 1.82) is 0 Å². The van der Waals surface area contributed by atoms with Crippen LogP contribution in [-0.4, -0.2) is 29.5 Å². The van der Waals surface area contributed by atoms with Crippen molar-refractivity contribution in [2.45, 2.75) is 5.97 Å². The largest absolute Gasteiger partial charge is 0.342 e. The molecule has 1 heterocycles. The van der Waals surface area contributed by atoms with Crippen LogP contribution in [0.1, 0.15) is 0 Å². The molecule has 0 unspecified atom stereocenters. The van der Waals surface area contributed by atoms with Crippen LogP contribution in [0.3, 0.4) is 0 Å². The lowest BCUT2D eigenvalue weighted by atomic mass is 10.6. The van der Waals surface area contributed by atoms with Crippen LogP contribution in [0.4, 0.5) is 0 Å². The van der Waals surface area contributed by atoms with Gasteiger partial charge in [0.25, 0.3) is 5.97 Å². The molecule has 3 N–H and O–H groups in total. The molecular formula is C3H7NO3. The Kier molecular flexibility index (Phi) is 1.01. The predicted octanol–water partition coefficient (Wildman–Crippen LogP) is -1.80. The van der Waals surface area contributed by atoms with Crippen molar-refractivity contribution in [2.75, 3.05) is 13.3 Å². The maximum absolute atomic E-state index is 8.47. The Bertz CT molecular complexity index is 64.6. The van der Waals surface area contributed by atoms with E-state index >= 15 is 0 Å². The van der Waals surface area contributed by atoms with Crippen LogP contribution in [-0.2, 0) is 4.74 Å². The minimum absolute atomic E-state index is 0.0903. The number of β-amino-alcohol motifs (C(OH)–C–C–N with tert-alkyl or cyclic N) is 2. The number of aliphatic hydroxyl groups is 2. The summed E-state index contributed by atoms with van der Waals surface area (Å²) in [5.74, 6) is -1.92. The number of rotatable bonds is 0. The van der Waals surface area contributed by atoms with Gasteiger partial charge in [0.1, 0.15) is 6.73 Å². The smallest absolute Gasteiger partial charge is 0.292 e. The summed E-state index contributed by atoms with van der Waals surface area (Å²) in [7, 11) is 0. The average molecular weight is 105 g/mol. The fourth-order valence-corrected chi connectivity index (χ4v) is 0.432. The first kappa shape index (κ1) is 4.99. The van der Waals surface area contributed by atoms with Gasteiger partial charge in [0.2, 0.25) is 0 Å². The quantitative estimate of drug-likeness (QED) is 0.318. The summed E-state index contributed by atoms with van der Waals surface area (Å²) in [6.07, 6.45) is 0. The Morgan fingerprint density at radius 2 is 2.29 bits per heavy atom. The molecule has 0 amide bonds. The fourth-order valence-electron chi connectivity index (χ4n) is 0.432. The zero-order chi connectivity index (χ0) is 5.33. The molecule has 0 atom stereocenters. The average Bonchev–Trinajstić information content (AvgIpc) is 1.84. The molecule has 1 aliphatic heterocycles. The zero-order valence-corrected chi connectivity index (χ0v) is 3.72. The molecule has 0 aromatic rings. The van der Waals surface area contributed by atoms with E-state index in [1.165, 1.54) is 0 Å². The normalized spacial score (nSPS) is 28.3. The molecule has 0 radical (unpaired) electrons. The third-order valence-electron chi connectivity index (χ3n) is 0.761. The first-order chi connectivity index (χ1) is 3.21. The van der Waals surface area contributed by atoms with Gasteiger partial charge < -0.3 is 14.9 Å². The Balaban J connectivity index is 2.40. The van der Waals surface area contributed by atoms with Gasteiger partial charge in [0.05, 0.1) is 6.54 Å². The second-order valence-electron chi connectivity index (χ2n) is 1.46. The first-order valence-corrected chi connectivity index (χ1v) is 2.00. The minimum Gasteiger partial charge on any atom is -0.342 e. The molecule has 1 rings (SSSR count). The van der Waals surface area contributed by atoms with Gasteiger partial charge in [-0.1, -0.05) is 0 Å². The number of nitrogens with one attached hydrogen (secondary N) is 1. The standard InChI is InChI=1S/C3H7NO3/c5-3(6)1-4-2-7-3/h4-6H,1-2H2. The minimum atomic E-state index is -1.92. The summed E-state index contributed by atoms with van der Waals surface area (Å²) in [4.78, 5) is 0. The van der Waals surface area contributed by atoms with Gasteiger partial charge in [-0.05, 0) is 0 Å². The van der Waals surface area contributed by atoms with Crippen LogP contribution < -0.4 is 5.32 Å². The molecule has 1 saturated heterocycles.